The van der Waals surface area contributed by atoms with Crippen molar-refractivity contribution in [3.8, 4) is 0 Å². The fraction of sp³-hybridized carbons (Fsp3) is 0.562. The number of unbranched alkanes of at least 4 members (excludes halogenated alkanes) is 1. The molecule has 1 aromatic carbocycles. The number of carbonyl (C=O) groups is 1. The van der Waals surface area contributed by atoms with Crippen LogP contribution in [0.4, 0.5) is 5.69 Å². The van der Waals surface area contributed by atoms with Gasteiger partial charge in [0, 0.05) is 18.2 Å². The zero-order valence-electron chi connectivity index (χ0n) is 12.3. The van der Waals surface area contributed by atoms with Gasteiger partial charge in [-0.3, -0.25) is 4.79 Å². The average molecular weight is 262 g/mol. The molecule has 1 amide bonds. The minimum Gasteiger partial charge on any atom is -0.326 e. The summed E-state index contributed by atoms with van der Waals surface area (Å²) in [6.07, 6.45) is 4.04. The van der Waals surface area contributed by atoms with Crippen LogP contribution >= 0.6 is 0 Å². The second-order valence-corrected chi connectivity index (χ2v) is 5.01. The Labute approximate surface area is 116 Å². The summed E-state index contributed by atoms with van der Waals surface area (Å²) in [5.41, 5.74) is 2.22. The van der Waals surface area contributed by atoms with Crippen LogP contribution in [0.2, 0.25) is 0 Å². The monoisotopic (exact) mass is 262 g/mol. The number of carbonyl (C=O) groups excluding carboxylic acids is 1. The van der Waals surface area contributed by atoms with Gasteiger partial charge in [0.15, 0.2) is 0 Å². The summed E-state index contributed by atoms with van der Waals surface area (Å²) in [7, 11) is 0. The van der Waals surface area contributed by atoms with Crippen molar-refractivity contribution >= 4 is 11.6 Å². The molecule has 0 aliphatic carbocycles. The second kappa shape index (κ2) is 8.70. The first-order valence-electron chi connectivity index (χ1n) is 7.27. The molecule has 19 heavy (non-hydrogen) atoms. The van der Waals surface area contributed by atoms with Crippen LogP contribution in [-0.2, 0) is 11.2 Å². The highest BCUT2D eigenvalue weighted by Crippen LogP contribution is 2.12. The number of rotatable bonds is 8. The predicted octanol–water partition coefficient (Wildman–Crippen LogP) is 3.36. The molecule has 0 bridgehead atoms. The Hall–Kier alpha value is -1.35. The number of aryl methyl sites for hydroxylation is 1. The Morgan fingerprint density at radius 1 is 1.21 bits per heavy atom. The molecule has 1 unspecified atom stereocenters. The fourth-order valence-electron chi connectivity index (χ4n) is 2.05. The Morgan fingerprint density at radius 3 is 2.47 bits per heavy atom. The van der Waals surface area contributed by atoms with Gasteiger partial charge in [0.2, 0.25) is 5.91 Å². The lowest BCUT2D eigenvalue weighted by atomic mass is 10.1. The molecule has 0 fully saturated rings. The quantitative estimate of drug-likeness (QED) is 0.754. The van der Waals surface area contributed by atoms with Crippen LogP contribution in [-0.4, -0.2) is 18.5 Å². The first-order chi connectivity index (χ1) is 9.15. The largest absolute Gasteiger partial charge is 0.326 e. The lowest BCUT2D eigenvalue weighted by Gasteiger charge is -2.12. The van der Waals surface area contributed by atoms with Gasteiger partial charge in [-0.2, -0.15) is 0 Å². The zero-order chi connectivity index (χ0) is 14.1. The Balaban J connectivity index is 2.42. The smallest absolute Gasteiger partial charge is 0.225 e. The molecule has 0 aromatic heterocycles. The van der Waals surface area contributed by atoms with E-state index in [9.17, 15) is 4.79 Å². The minimum absolute atomic E-state index is 0.0646. The molecule has 106 valence electrons. The predicted molar refractivity (Wildman–Crippen MR) is 81.4 cm³/mol. The topological polar surface area (TPSA) is 41.1 Å². The van der Waals surface area contributed by atoms with Gasteiger partial charge in [-0.15, -0.1) is 0 Å². The molecule has 0 aliphatic heterocycles. The van der Waals surface area contributed by atoms with Crippen molar-refractivity contribution in [2.75, 3.05) is 11.9 Å². The summed E-state index contributed by atoms with van der Waals surface area (Å²) in [6, 6.07) is 8.38. The van der Waals surface area contributed by atoms with E-state index in [0.29, 0.717) is 6.42 Å². The van der Waals surface area contributed by atoms with Crippen LogP contribution in [0.1, 0.15) is 45.6 Å². The van der Waals surface area contributed by atoms with E-state index in [-0.39, 0.29) is 11.9 Å². The van der Waals surface area contributed by atoms with E-state index in [4.69, 9.17) is 0 Å². The third-order valence-electron chi connectivity index (χ3n) is 3.10. The van der Waals surface area contributed by atoms with E-state index < -0.39 is 0 Å². The lowest BCUT2D eigenvalue weighted by Crippen LogP contribution is -2.30. The van der Waals surface area contributed by atoms with Crippen molar-refractivity contribution < 1.29 is 4.79 Å². The molecule has 0 radical (unpaired) electrons. The maximum atomic E-state index is 11.8. The molecule has 2 N–H and O–H groups in total. The summed E-state index contributed by atoms with van der Waals surface area (Å²) in [5.74, 6) is 0.0646. The van der Waals surface area contributed by atoms with Gasteiger partial charge < -0.3 is 10.6 Å². The van der Waals surface area contributed by atoms with Crippen molar-refractivity contribution in [3.63, 3.8) is 0 Å². The number of amides is 1. The highest BCUT2D eigenvalue weighted by Gasteiger charge is 2.07. The molecule has 3 heteroatoms. The van der Waals surface area contributed by atoms with Gasteiger partial charge >= 0.3 is 0 Å². The van der Waals surface area contributed by atoms with Gasteiger partial charge in [-0.05, 0) is 44.0 Å². The minimum atomic E-state index is 0.0646. The molecule has 1 aromatic rings. The molecule has 0 saturated carbocycles. The summed E-state index contributed by atoms with van der Waals surface area (Å²) >= 11 is 0. The van der Waals surface area contributed by atoms with Crippen LogP contribution < -0.4 is 10.6 Å². The molecule has 0 heterocycles. The third kappa shape index (κ3) is 6.39. The molecule has 0 spiro atoms. The number of anilines is 1. The maximum Gasteiger partial charge on any atom is 0.225 e. The van der Waals surface area contributed by atoms with Crippen molar-refractivity contribution in [1.29, 1.82) is 0 Å². The van der Waals surface area contributed by atoms with Crippen molar-refractivity contribution in [2.45, 2.75) is 52.5 Å². The van der Waals surface area contributed by atoms with Crippen LogP contribution in [0.5, 0.6) is 0 Å². The van der Waals surface area contributed by atoms with Crippen LogP contribution in [0.25, 0.3) is 0 Å². The highest BCUT2D eigenvalue weighted by atomic mass is 16.1. The third-order valence-corrected chi connectivity index (χ3v) is 3.10. The normalized spacial score (nSPS) is 12.2. The zero-order valence-corrected chi connectivity index (χ0v) is 12.3. The van der Waals surface area contributed by atoms with E-state index >= 15 is 0 Å². The van der Waals surface area contributed by atoms with Crippen LogP contribution in [0.3, 0.4) is 0 Å². The van der Waals surface area contributed by atoms with E-state index in [0.717, 1.165) is 18.7 Å². The summed E-state index contributed by atoms with van der Waals surface area (Å²) in [6.45, 7) is 7.15. The maximum absolute atomic E-state index is 11.8. The van der Waals surface area contributed by atoms with E-state index in [1.54, 1.807) is 0 Å². The molecule has 0 aliphatic rings. The van der Waals surface area contributed by atoms with Gasteiger partial charge in [0.1, 0.15) is 0 Å². The molecular formula is C16H26N2O. The average Bonchev–Trinajstić information content (AvgIpc) is 2.38. The summed E-state index contributed by atoms with van der Waals surface area (Å²) in [4.78, 5) is 11.8. The van der Waals surface area contributed by atoms with E-state index in [1.807, 2.05) is 26.0 Å². The van der Waals surface area contributed by atoms with Gasteiger partial charge in [-0.25, -0.2) is 0 Å². The number of nitrogens with one attached hydrogen (secondary N) is 2. The van der Waals surface area contributed by atoms with E-state index in [2.05, 4.69) is 29.7 Å². The van der Waals surface area contributed by atoms with Gasteiger partial charge in [-0.1, -0.05) is 32.4 Å². The summed E-state index contributed by atoms with van der Waals surface area (Å²) < 4.78 is 0. The molecule has 1 atom stereocenters. The van der Waals surface area contributed by atoms with Gasteiger partial charge in [0.05, 0.1) is 0 Å². The van der Waals surface area contributed by atoms with Gasteiger partial charge in [0.25, 0.3) is 0 Å². The SMILES string of the molecule is CCCCc1ccc(NC(=O)CC(C)NCC)cc1. The summed E-state index contributed by atoms with van der Waals surface area (Å²) in [5, 5.41) is 6.17. The standard InChI is InChI=1S/C16H26N2O/c1-4-6-7-14-8-10-15(11-9-14)18-16(19)12-13(3)17-5-2/h8-11,13,17H,4-7,12H2,1-3H3,(H,18,19). The first-order valence-corrected chi connectivity index (χ1v) is 7.27. The second-order valence-electron chi connectivity index (χ2n) is 5.01. The van der Waals surface area contributed by atoms with Crippen LogP contribution in [0, 0.1) is 0 Å². The van der Waals surface area contributed by atoms with Crippen molar-refractivity contribution in [3.05, 3.63) is 29.8 Å². The number of hydrogen-bond acceptors (Lipinski definition) is 2. The molecule has 0 saturated heterocycles. The molecule has 1 rings (SSSR count). The Morgan fingerprint density at radius 2 is 1.89 bits per heavy atom. The van der Waals surface area contributed by atoms with E-state index in [1.165, 1.54) is 18.4 Å². The lowest BCUT2D eigenvalue weighted by molar-refractivity contribution is -0.116. The van der Waals surface area contributed by atoms with Crippen molar-refractivity contribution in [2.24, 2.45) is 0 Å². The molecular weight excluding hydrogens is 236 g/mol. The fourth-order valence-corrected chi connectivity index (χ4v) is 2.05. The Bertz CT molecular complexity index is 373. The first kappa shape index (κ1) is 15.7. The highest BCUT2D eigenvalue weighted by molar-refractivity contribution is 5.91. The number of hydrogen-bond donors (Lipinski definition) is 2. The van der Waals surface area contributed by atoms with Crippen LogP contribution in [0.15, 0.2) is 24.3 Å². The molecule has 3 nitrogen and oxygen atoms in total. The van der Waals surface area contributed by atoms with Crippen molar-refractivity contribution in [1.82, 2.24) is 5.32 Å². The number of benzene rings is 1. The Kier molecular flexibility index (Phi) is 7.19.